The second-order valence-corrected chi connectivity index (χ2v) is 12.1. The number of rotatable bonds is 25. The van der Waals surface area contributed by atoms with E-state index in [2.05, 4.69) is 35.2 Å². The van der Waals surface area contributed by atoms with Gasteiger partial charge in [-0.3, -0.25) is 28.8 Å². The van der Waals surface area contributed by atoms with Gasteiger partial charge in [0, 0.05) is 48.2 Å². The first-order valence-corrected chi connectivity index (χ1v) is 18.0. The summed E-state index contributed by atoms with van der Waals surface area (Å²) in [4.78, 5) is 116. The number of ether oxygens (including phenoxy) is 7. The minimum atomic E-state index is -1.34. The Morgan fingerprint density at radius 3 is 1.95 bits per heavy atom. The Labute approximate surface area is 343 Å². The second-order valence-electron chi connectivity index (χ2n) is 12.1. The molecular formula is C38H47N5O17. The minimum Gasteiger partial charge on any atom is -0.489 e. The molecule has 0 heterocycles. The number of methoxy groups -OCH3 is 4. The summed E-state index contributed by atoms with van der Waals surface area (Å²) >= 11 is 0. The van der Waals surface area contributed by atoms with Crippen LogP contribution < -0.4 is 26.4 Å². The van der Waals surface area contributed by atoms with Crippen molar-refractivity contribution < 1.29 is 81.4 Å². The van der Waals surface area contributed by atoms with E-state index in [1.807, 2.05) is 0 Å². The van der Waals surface area contributed by atoms with Gasteiger partial charge in [-0.05, 0) is 42.8 Å². The molecule has 0 radical (unpaired) electrons. The average Bonchev–Trinajstić information content (AvgIpc) is 3.25. The zero-order chi connectivity index (χ0) is 44.6. The number of hydrogen-bond acceptors (Lipinski definition) is 17. The number of aliphatic imine (C=N–C) groups is 1. The first kappa shape index (κ1) is 49.4. The quantitative estimate of drug-likeness (QED) is 0.0278. The largest absolute Gasteiger partial charge is 0.489 e. The highest BCUT2D eigenvalue weighted by atomic mass is 16.6. The number of hydrogen-bond donors (Lipinski definition) is 5. The fourth-order valence-corrected chi connectivity index (χ4v) is 4.77. The Hall–Kier alpha value is -6.78. The zero-order valence-electron chi connectivity index (χ0n) is 33.3. The maximum Gasteiger partial charge on any atom is 0.352 e. The highest BCUT2D eigenvalue weighted by Crippen LogP contribution is 2.16. The molecule has 0 spiro atoms. The lowest BCUT2D eigenvalue weighted by atomic mass is 10.0. The number of aliphatic carboxylic acids is 1. The van der Waals surface area contributed by atoms with Crippen molar-refractivity contribution in [2.24, 2.45) is 10.7 Å². The van der Waals surface area contributed by atoms with E-state index in [4.69, 9.17) is 29.8 Å². The molecule has 0 aliphatic heterocycles. The van der Waals surface area contributed by atoms with E-state index in [1.54, 1.807) is 12.1 Å². The number of nitrogens with zero attached hydrogens (tertiary/aromatic N) is 1. The maximum absolute atomic E-state index is 13.4. The van der Waals surface area contributed by atoms with Crippen LogP contribution in [0.4, 0.5) is 0 Å². The molecule has 0 aliphatic carbocycles. The smallest absolute Gasteiger partial charge is 0.352 e. The molecule has 6 N–H and O–H groups in total. The van der Waals surface area contributed by atoms with Gasteiger partial charge in [-0.25, -0.2) is 19.4 Å². The molecule has 0 saturated carbocycles. The van der Waals surface area contributed by atoms with E-state index < -0.39 is 78.1 Å². The van der Waals surface area contributed by atoms with Gasteiger partial charge in [0.25, 0.3) is 23.6 Å². The first-order chi connectivity index (χ1) is 28.6. The molecule has 2 unspecified atom stereocenters. The molecule has 2 atom stereocenters. The Morgan fingerprint density at radius 1 is 0.717 bits per heavy atom. The van der Waals surface area contributed by atoms with Crippen LogP contribution in [0, 0.1) is 0 Å². The minimum absolute atomic E-state index is 0.00922. The lowest BCUT2D eigenvalue weighted by Gasteiger charge is -2.17. The number of carbonyl (C=O) groups excluding carboxylic acids is 8. The molecule has 4 amide bonds. The molecule has 326 valence electrons. The third kappa shape index (κ3) is 17.8. The van der Waals surface area contributed by atoms with Crippen molar-refractivity contribution in [1.29, 1.82) is 0 Å². The predicted molar refractivity (Wildman–Crippen MR) is 205 cm³/mol. The fraction of sp³-hybridized carbons (Fsp3) is 0.421. The van der Waals surface area contributed by atoms with Gasteiger partial charge in [0.05, 0.1) is 48.1 Å². The molecule has 22 nitrogen and oxygen atoms in total. The van der Waals surface area contributed by atoms with E-state index in [0.717, 1.165) is 46.6 Å². The molecular weight excluding hydrogens is 798 g/mol. The van der Waals surface area contributed by atoms with Crippen molar-refractivity contribution in [3.8, 4) is 5.75 Å². The fourth-order valence-electron chi connectivity index (χ4n) is 4.77. The van der Waals surface area contributed by atoms with E-state index >= 15 is 0 Å². The standard InChI is InChI=1S/C38H47N5O17/c1-54-31(46)10-8-27(37(52)56-3)42-35(50)24-16-23(17-25(18-24)36(51)43-28(38(53)57-4)9-11-32(47)55-2)34(49)41-13-12-40-33(48)22-6-5-7-26(19-22)60-20-29(39)59-15-14-58-21-30(44)45/h5-7,16-19,27,29H,8-15,20-21,39H2,1-4H3,(H,40,48)(H,41,49)(H,42,50)(H,44,45)/b43-28-. The Balaban J connectivity index is 2.22. The van der Waals surface area contributed by atoms with Crippen molar-refractivity contribution in [3.05, 3.63) is 64.7 Å². The highest BCUT2D eigenvalue weighted by Gasteiger charge is 2.25. The van der Waals surface area contributed by atoms with Crippen molar-refractivity contribution >= 4 is 59.2 Å². The van der Waals surface area contributed by atoms with E-state index in [9.17, 15) is 43.2 Å². The third-order valence-corrected chi connectivity index (χ3v) is 7.80. The second kappa shape index (κ2) is 26.3. The van der Waals surface area contributed by atoms with Gasteiger partial charge >= 0.3 is 29.8 Å². The van der Waals surface area contributed by atoms with Crippen molar-refractivity contribution in [1.82, 2.24) is 16.0 Å². The van der Waals surface area contributed by atoms with Gasteiger partial charge in [-0.2, -0.15) is 0 Å². The number of esters is 4. The number of benzene rings is 2. The molecule has 22 heteroatoms. The average molecular weight is 846 g/mol. The molecule has 2 aromatic rings. The number of nitrogens with one attached hydrogen (secondary N) is 3. The van der Waals surface area contributed by atoms with Gasteiger partial charge in [0.15, 0.2) is 0 Å². The molecule has 0 saturated heterocycles. The number of carbonyl (C=O) groups is 9. The van der Waals surface area contributed by atoms with Gasteiger partial charge in [-0.1, -0.05) is 6.07 Å². The number of amides is 4. The van der Waals surface area contributed by atoms with Gasteiger partial charge in [-0.15, -0.1) is 0 Å². The van der Waals surface area contributed by atoms with E-state index in [-0.39, 0.29) is 80.8 Å². The molecule has 0 aromatic heterocycles. The lowest BCUT2D eigenvalue weighted by Crippen LogP contribution is -2.42. The zero-order valence-corrected chi connectivity index (χ0v) is 33.3. The molecule has 0 aliphatic rings. The first-order valence-electron chi connectivity index (χ1n) is 18.0. The van der Waals surface area contributed by atoms with Gasteiger partial charge in [0.1, 0.15) is 36.9 Å². The molecule has 0 fully saturated rings. The van der Waals surface area contributed by atoms with Gasteiger partial charge < -0.3 is 59.9 Å². The molecule has 2 aromatic carbocycles. The van der Waals surface area contributed by atoms with Crippen LogP contribution in [0.15, 0.2) is 47.5 Å². The maximum atomic E-state index is 13.4. The summed E-state index contributed by atoms with van der Waals surface area (Å²) in [6, 6.07) is 7.97. The van der Waals surface area contributed by atoms with Crippen molar-refractivity contribution in [3.63, 3.8) is 0 Å². The Bertz CT molecular complexity index is 1900. The number of carboxylic acid groups (broad SMARTS) is 1. The van der Waals surface area contributed by atoms with E-state index in [1.165, 1.54) is 12.1 Å². The Morgan fingerprint density at radius 2 is 1.33 bits per heavy atom. The SMILES string of the molecule is COC(=O)CC/C(=N/C(=O)c1cc(C(=O)NCCNC(=O)c2cccc(OCC(N)OCCOCC(=O)O)c2)cc(C(=O)NC(CCC(=O)OC)C(=O)OC)c1)C(=O)OC. The summed E-state index contributed by atoms with van der Waals surface area (Å²) in [6.07, 6.45) is -2.03. The van der Waals surface area contributed by atoms with Crippen LogP contribution in [0.2, 0.25) is 0 Å². The molecule has 60 heavy (non-hydrogen) atoms. The topological polar surface area (TPSA) is 313 Å². The van der Waals surface area contributed by atoms with Crippen molar-refractivity contribution in [2.45, 2.75) is 38.0 Å². The van der Waals surface area contributed by atoms with Crippen molar-refractivity contribution in [2.75, 3.05) is 68.0 Å². The lowest BCUT2D eigenvalue weighted by molar-refractivity contribution is -0.145. The van der Waals surface area contributed by atoms with Crippen LogP contribution in [-0.4, -0.2) is 145 Å². The summed E-state index contributed by atoms with van der Waals surface area (Å²) in [5, 5.41) is 16.2. The van der Waals surface area contributed by atoms with Crippen LogP contribution in [-0.2, 0) is 52.4 Å². The van der Waals surface area contributed by atoms with Crippen LogP contribution in [0.3, 0.4) is 0 Å². The van der Waals surface area contributed by atoms with Crippen LogP contribution in [0.25, 0.3) is 0 Å². The van der Waals surface area contributed by atoms with Crippen LogP contribution in [0.5, 0.6) is 5.75 Å². The monoisotopic (exact) mass is 845 g/mol. The molecule has 2 rings (SSSR count). The summed E-state index contributed by atoms with van der Waals surface area (Å²) in [5.74, 6) is -7.53. The number of nitrogens with two attached hydrogens (primary N) is 1. The summed E-state index contributed by atoms with van der Waals surface area (Å²) in [5.41, 5.74) is 4.67. The van der Waals surface area contributed by atoms with Gasteiger partial charge in [0.2, 0.25) is 0 Å². The normalized spacial score (nSPS) is 11.8. The summed E-state index contributed by atoms with van der Waals surface area (Å²) < 4.78 is 34.3. The predicted octanol–water partition coefficient (Wildman–Crippen LogP) is -0.440. The Kier molecular flexibility index (Phi) is 21.6. The highest BCUT2D eigenvalue weighted by molar-refractivity contribution is 6.38. The van der Waals surface area contributed by atoms with Crippen LogP contribution >= 0.6 is 0 Å². The summed E-state index contributed by atoms with van der Waals surface area (Å²) in [7, 11) is 4.36. The molecule has 0 bridgehead atoms. The number of carboxylic acids is 1. The third-order valence-electron chi connectivity index (χ3n) is 7.80. The van der Waals surface area contributed by atoms with E-state index in [0.29, 0.717) is 5.75 Å². The summed E-state index contributed by atoms with van der Waals surface area (Å²) in [6.45, 7) is -0.758. The van der Waals surface area contributed by atoms with Crippen LogP contribution in [0.1, 0.15) is 67.1 Å².